The van der Waals surface area contributed by atoms with Crippen molar-refractivity contribution in [1.29, 1.82) is 0 Å². The molecule has 0 aliphatic rings. The molecule has 0 atom stereocenters. The Morgan fingerprint density at radius 1 is 1.27 bits per heavy atom. The van der Waals surface area contributed by atoms with Gasteiger partial charge in [0.05, 0.1) is 0 Å². The highest BCUT2D eigenvalue weighted by Crippen LogP contribution is 2.12. The van der Waals surface area contributed by atoms with Crippen LogP contribution >= 0.6 is 24.0 Å². The van der Waals surface area contributed by atoms with Crippen molar-refractivity contribution >= 4 is 24.0 Å². The average Bonchev–Trinajstić information content (AvgIpc) is 2.50. The van der Waals surface area contributed by atoms with Crippen LogP contribution in [0.1, 0.15) is 24.1 Å². The number of hydrogen-bond acceptors (Lipinski definition) is 1. The number of rotatable bonds is 5. The van der Waals surface area contributed by atoms with Gasteiger partial charge in [0.2, 0.25) is 0 Å². The second kappa shape index (κ2) is 5.67. The molecule has 0 nitrogen and oxygen atoms in total. The Morgan fingerprint density at radius 3 is 2.82 bits per heavy atom. The van der Waals surface area contributed by atoms with Gasteiger partial charge in [0.15, 0.2) is 0 Å². The molecule has 0 saturated carbocycles. The molecule has 1 aromatic rings. The summed E-state index contributed by atoms with van der Waals surface area (Å²) in [7, 11) is 0. The number of hydrogen-bond donors (Lipinski definition) is 0. The highest BCUT2D eigenvalue weighted by Gasteiger charge is 1.92. The summed E-state index contributed by atoms with van der Waals surface area (Å²) in [5.41, 5.74) is 0. The van der Waals surface area contributed by atoms with Crippen LogP contribution in [0.3, 0.4) is 0 Å². The molecule has 11 heavy (non-hydrogen) atoms. The van der Waals surface area contributed by atoms with Gasteiger partial charge in [-0.1, -0.05) is 25.1 Å². The molecule has 61 valence electrons. The summed E-state index contributed by atoms with van der Waals surface area (Å²) in [5.74, 6) is 0.921. The third-order valence-corrected chi connectivity index (χ3v) is 2.87. The normalized spacial score (nSPS) is 10.3. The molecular formula is C9H13S2. The van der Waals surface area contributed by atoms with Gasteiger partial charge in [-0.05, 0) is 30.7 Å². The van der Waals surface area contributed by atoms with Crippen molar-refractivity contribution in [2.24, 2.45) is 0 Å². The van der Waals surface area contributed by atoms with Crippen LogP contribution in [0.25, 0.3) is 0 Å². The zero-order valence-corrected chi connectivity index (χ0v) is 8.22. The third kappa shape index (κ3) is 3.82. The van der Waals surface area contributed by atoms with Crippen molar-refractivity contribution in [3.8, 4) is 0 Å². The fraction of sp³-hybridized carbons (Fsp3) is 0.556. The Labute approximate surface area is 78.1 Å². The average molecular weight is 185 g/mol. The fourth-order valence-electron chi connectivity index (χ4n) is 1.03. The van der Waals surface area contributed by atoms with Crippen LogP contribution in [0.5, 0.6) is 0 Å². The molecule has 0 unspecified atom stereocenters. The highest BCUT2D eigenvalue weighted by atomic mass is 32.1. The monoisotopic (exact) mass is 185 g/mol. The maximum atomic E-state index is 4.87. The lowest BCUT2D eigenvalue weighted by atomic mass is 10.2. The molecule has 2 heteroatoms. The van der Waals surface area contributed by atoms with Crippen molar-refractivity contribution < 1.29 is 0 Å². The van der Waals surface area contributed by atoms with Crippen LogP contribution in [0.15, 0.2) is 17.5 Å². The topological polar surface area (TPSA) is 0 Å². The number of aryl methyl sites for hydroxylation is 1. The van der Waals surface area contributed by atoms with Crippen molar-refractivity contribution in [2.45, 2.75) is 25.7 Å². The first-order chi connectivity index (χ1) is 5.43. The zero-order chi connectivity index (χ0) is 7.94. The van der Waals surface area contributed by atoms with Crippen molar-refractivity contribution in [1.82, 2.24) is 0 Å². The first kappa shape index (κ1) is 9.14. The molecule has 0 aromatic carbocycles. The van der Waals surface area contributed by atoms with Crippen molar-refractivity contribution in [2.75, 3.05) is 5.75 Å². The smallest absolute Gasteiger partial charge is 0.00452 e. The van der Waals surface area contributed by atoms with Gasteiger partial charge in [0, 0.05) is 10.6 Å². The van der Waals surface area contributed by atoms with Crippen LogP contribution in [0.4, 0.5) is 0 Å². The lowest BCUT2D eigenvalue weighted by molar-refractivity contribution is 0.729. The molecule has 0 spiro atoms. The highest BCUT2D eigenvalue weighted by molar-refractivity contribution is 7.80. The summed E-state index contributed by atoms with van der Waals surface area (Å²) in [5, 5.41) is 2.14. The maximum Gasteiger partial charge on any atom is 0.00452 e. The van der Waals surface area contributed by atoms with Gasteiger partial charge >= 0.3 is 0 Å². The van der Waals surface area contributed by atoms with E-state index >= 15 is 0 Å². The minimum absolute atomic E-state index is 0.921. The summed E-state index contributed by atoms with van der Waals surface area (Å²) < 4.78 is 0. The van der Waals surface area contributed by atoms with Crippen molar-refractivity contribution in [3.63, 3.8) is 0 Å². The van der Waals surface area contributed by atoms with Crippen LogP contribution in [-0.4, -0.2) is 5.75 Å². The van der Waals surface area contributed by atoms with Gasteiger partial charge < -0.3 is 0 Å². The summed E-state index contributed by atoms with van der Waals surface area (Å²) in [4.78, 5) is 1.51. The predicted molar refractivity (Wildman–Crippen MR) is 54.3 cm³/mol. The third-order valence-electron chi connectivity index (χ3n) is 1.65. The second-order valence-corrected chi connectivity index (χ2v) is 4.03. The molecule has 0 N–H and O–H groups in total. The maximum absolute atomic E-state index is 4.87. The molecule has 0 amide bonds. The van der Waals surface area contributed by atoms with E-state index in [2.05, 4.69) is 17.5 Å². The van der Waals surface area contributed by atoms with Gasteiger partial charge in [-0.25, -0.2) is 0 Å². The van der Waals surface area contributed by atoms with Crippen LogP contribution in [0, 0.1) is 0 Å². The first-order valence-electron chi connectivity index (χ1n) is 4.04. The summed E-state index contributed by atoms with van der Waals surface area (Å²) in [6.07, 6.45) is 5.05. The minimum atomic E-state index is 0.921. The first-order valence-corrected chi connectivity index (χ1v) is 5.49. The molecule has 1 aromatic heterocycles. The van der Waals surface area contributed by atoms with E-state index < -0.39 is 0 Å². The second-order valence-electron chi connectivity index (χ2n) is 2.59. The van der Waals surface area contributed by atoms with E-state index in [9.17, 15) is 0 Å². The molecule has 0 fully saturated rings. The van der Waals surface area contributed by atoms with Crippen LogP contribution in [-0.2, 0) is 6.42 Å². The SMILES string of the molecule is [S]CCCCCc1cccs1. The molecule has 0 aliphatic carbocycles. The van der Waals surface area contributed by atoms with E-state index in [0.717, 1.165) is 5.75 Å². The summed E-state index contributed by atoms with van der Waals surface area (Å²) in [6, 6.07) is 4.32. The minimum Gasteiger partial charge on any atom is -0.149 e. The molecule has 0 bridgehead atoms. The van der Waals surface area contributed by atoms with Gasteiger partial charge in [0.1, 0.15) is 0 Å². The quantitative estimate of drug-likeness (QED) is 0.614. The predicted octanol–water partition coefficient (Wildman–Crippen LogP) is 3.66. The standard InChI is InChI=1S/C9H13S2/c10-7-3-1-2-5-9-6-4-8-11-9/h4,6,8H,1-3,5,7H2. The molecule has 0 aliphatic heterocycles. The molecule has 1 rings (SSSR count). The van der Waals surface area contributed by atoms with Gasteiger partial charge in [0.25, 0.3) is 0 Å². The number of thiophene rings is 1. The Hall–Kier alpha value is 0.0500. The van der Waals surface area contributed by atoms with Gasteiger partial charge in [-0.2, -0.15) is 0 Å². The van der Waals surface area contributed by atoms with E-state index in [4.69, 9.17) is 12.6 Å². The van der Waals surface area contributed by atoms with Crippen LogP contribution in [0.2, 0.25) is 0 Å². The van der Waals surface area contributed by atoms with Gasteiger partial charge in [-0.3, -0.25) is 0 Å². The fourth-order valence-corrected chi connectivity index (χ4v) is 1.99. The van der Waals surface area contributed by atoms with E-state index in [0.29, 0.717) is 0 Å². The molecular weight excluding hydrogens is 172 g/mol. The Bertz CT molecular complexity index is 168. The van der Waals surface area contributed by atoms with E-state index in [1.54, 1.807) is 0 Å². The van der Waals surface area contributed by atoms with Crippen LogP contribution < -0.4 is 0 Å². The molecule has 1 radical (unpaired) electrons. The molecule has 1 heterocycles. The lowest BCUT2D eigenvalue weighted by Gasteiger charge is -1.95. The van der Waals surface area contributed by atoms with Gasteiger partial charge in [-0.15, -0.1) is 11.3 Å². The zero-order valence-electron chi connectivity index (χ0n) is 6.58. The van der Waals surface area contributed by atoms with E-state index in [1.165, 1.54) is 30.6 Å². The lowest BCUT2D eigenvalue weighted by Crippen LogP contribution is -1.81. The largest absolute Gasteiger partial charge is 0.149 e. The molecule has 0 saturated heterocycles. The Kier molecular flexibility index (Phi) is 4.71. The Morgan fingerprint density at radius 2 is 2.18 bits per heavy atom. The number of unbranched alkanes of at least 4 members (excludes halogenated alkanes) is 2. The summed E-state index contributed by atoms with van der Waals surface area (Å²) >= 11 is 6.72. The Balaban J connectivity index is 2.04. The van der Waals surface area contributed by atoms with Crippen molar-refractivity contribution in [3.05, 3.63) is 22.4 Å². The summed E-state index contributed by atoms with van der Waals surface area (Å²) in [6.45, 7) is 0. The van der Waals surface area contributed by atoms with E-state index in [1.807, 2.05) is 11.3 Å². The van der Waals surface area contributed by atoms with E-state index in [-0.39, 0.29) is 0 Å².